The first-order chi connectivity index (χ1) is 9.79. The van der Waals surface area contributed by atoms with E-state index in [0.29, 0.717) is 17.8 Å². The first-order valence-electron chi connectivity index (χ1n) is 7.79. The molecule has 0 spiro atoms. The van der Waals surface area contributed by atoms with Gasteiger partial charge in [0.25, 0.3) is 10.1 Å². The van der Waals surface area contributed by atoms with Crippen LogP contribution in [0.25, 0.3) is 0 Å². The van der Waals surface area contributed by atoms with Gasteiger partial charge in [-0.1, -0.05) is 44.9 Å². The van der Waals surface area contributed by atoms with Crippen molar-refractivity contribution in [3.05, 3.63) is 29.8 Å². The van der Waals surface area contributed by atoms with Crippen LogP contribution in [0.1, 0.15) is 45.6 Å². The van der Waals surface area contributed by atoms with Gasteiger partial charge in [-0.2, -0.15) is 8.42 Å². The number of rotatable bonds is 4. The summed E-state index contributed by atoms with van der Waals surface area (Å²) in [6.07, 6.45) is 2.84. The zero-order valence-corrected chi connectivity index (χ0v) is 14.2. The maximum atomic E-state index is 12.5. The molecule has 1 saturated carbocycles. The largest absolute Gasteiger partial charge is 0.297 e. The van der Waals surface area contributed by atoms with Crippen LogP contribution in [0.3, 0.4) is 0 Å². The zero-order valence-electron chi connectivity index (χ0n) is 13.4. The van der Waals surface area contributed by atoms with Crippen molar-refractivity contribution < 1.29 is 12.6 Å². The van der Waals surface area contributed by atoms with Crippen molar-refractivity contribution in [1.29, 1.82) is 0 Å². The molecule has 1 fully saturated rings. The van der Waals surface area contributed by atoms with E-state index in [1.54, 1.807) is 24.3 Å². The van der Waals surface area contributed by atoms with Crippen LogP contribution in [0.2, 0.25) is 0 Å². The second kappa shape index (κ2) is 6.49. The lowest BCUT2D eigenvalue weighted by atomic mass is 9.75. The van der Waals surface area contributed by atoms with E-state index in [1.807, 2.05) is 6.92 Å². The van der Waals surface area contributed by atoms with Crippen LogP contribution in [0.4, 0.5) is 0 Å². The van der Waals surface area contributed by atoms with Crippen LogP contribution in [-0.2, 0) is 14.3 Å². The normalized spacial score (nSPS) is 27.0. The summed E-state index contributed by atoms with van der Waals surface area (Å²) in [5, 5.41) is 0. The summed E-state index contributed by atoms with van der Waals surface area (Å²) < 4.78 is 30.5. The van der Waals surface area contributed by atoms with E-state index in [4.69, 9.17) is 4.18 Å². The Morgan fingerprint density at radius 2 is 1.76 bits per heavy atom. The zero-order chi connectivity index (χ0) is 15.6. The molecule has 4 heteroatoms. The highest BCUT2D eigenvalue weighted by atomic mass is 32.2. The van der Waals surface area contributed by atoms with Crippen LogP contribution in [-0.4, -0.2) is 14.5 Å². The minimum Gasteiger partial charge on any atom is -0.263 e. The van der Waals surface area contributed by atoms with Gasteiger partial charge in [0.05, 0.1) is 11.0 Å². The fraction of sp³-hybridized carbons (Fsp3) is 0.647. The van der Waals surface area contributed by atoms with Crippen LogP contribution in [0.5, 0.6) is 0 Å². The van der Waals surface area contributed by atoms with Gasteiger partial charge >= 0.3 is 0 Å². The average molecular weight is 310 g/mol. The molecule has 0 bridgehead atoms. The highest BCUT2D eigenvalue weighted by Crippen LogP contribution is 2.36. The SMILES string of the molecule is Cc1ccc(S(=O)(=O)O[C@@H]2C[C@H](C)CC[C@@H]2C(C)C)cc1. The monoisotopic (exact) mass is 310 g/mol. The number of hydrogen-bond acceptors (Lipinski definition) is 3. The van der Waals surface area contributed by atoms with Crippen molar-refractivity contribution in [2.75, 3.05) is 0 Å². The van der Waals surface area contributed by atoms with Gasteiger partial charge in [-0.05, 0) is 49.7 Å². The summed E-state index contributed by atoms with van der Waals surface area (Å²) in [6, 6.07) is 6.86. The number of benzene rings is 1. The van der Waals surface area contributed by atoms with Gasteiger partial charge in [0.2, 0.25) is 0 Å². The Morgan fingerprint density at radius 3 is 2.33 bits per heavy atom. The van der Waals surface area contributed by atoms with Gasteiger partial charge in [-0.15, -0.1) is 0 Å². The Hall–Kier alpha value is -0.870. The first kappa shape index (κ1) is 16.5. The molecule has 21 heavy (non-hydrogen) atoms. The lowest BCUT2D eigenvalue weighted by molar-refractivity contribution is 0.0511. The van der Waals surface area contributed by atoms with Gasteiger partial charge in [0, 0.05) is 0 Å². The molecule has 3 atom stereocenters. The standard InChI is InChI=1S/C17H26O3S/c1-12(2)16-10-7-14(4)11-17(16)20-21(18,19)15-8-5-13(3)6-9-15/h5-6,8-9,12,14,16-17H,7,10-11H2,1-4H3/t14-,16-,17-/m1/s1. The number of aryl methyl sites for hydroxylation is 1. The molecular formula is C17H26O3S. The number of hydrogen-bond donors (Lipinski definition) is 0. The Labute approximate surface area is 128 Å². The molecule has 0 saturated heterocycles. The van der Waals surface area contributed by atoms with E-state index < -0.39 is 10.1 Å². The Morgan fingerprint density at radius 1 is 1.14 bits per heavy atom. The summed E-state index contributed by atoms with van der Waals surface area (Å²) >= 11 is 0. The van der Waals surface area contributed by atoms with E-state index in [1.165, 1.54) is 0 Å². The van der Waals surface area contributed by atoms with Crippen molar-refractivity contribution >= 4 is 10.1 Å². The second-order valence-corrected chi connectivity index (χ2v) is 8.30. The fourth-order valence-corrected chi connectivity index (χ4v) is 4.28. The Bertz CT molecular complexity index is 560. The highest BCUT2D eigenvalue weighted by Gasteiger charge is 2.35. The quantitative estimate of drug-likeness (QED) is 0.784. The lowest BCUT2D eigenvalue weighted by Crippen LogP contribution is -2.35. The predicted octanol–water partition coefficient (Wildman–Crippen LogP) is 4.16. The molecule has 1 aromatic rings. The third-order valence-electron chi connectivity index (χ3n) is 4.52. The molecule has 0 unspecified atom stereocenters. The fourth-order valence-electron chi connectivity index (χ4n) is 3.15. The first-order valence-corrected chi connectivity index (χ1v) is 9.20. The molecule has 0 radical (unpaired) electrons. The molecule has 0 N–H and O–H groups in total. The molecule has 0 heterocycles. The summed E-state index contributed by atoms with van der Waals surface area (Å²) in [5.74, 6) is 1.29. The highest BCUT2D eigenvalue weighted by molar-refractivity contribution is 7.86. The van der Waals surface area contributed by atoms with Gasteiger partial charge < -0.3 is 0 Å². The lowest BCUT2D eigenvalue weighted by Gasteiger charge is -2.36. The molecule has 0 aromatic heterocycles. The molecule has 1 aromatic carbocycles. The van der Waals surface area contributed by atoms with E-state index in [0.717, 1.165) is 24.8 Å². The van der Waals surface area contributed by atoms with E-state index in [9.17, 15) is 8.42 Å². The maximum Gasteiger partial charge on any atom is 0.297 e. The van der Waals surface area contributed by atoms with Gasteiger partial charge in [-0.25, -0.2) is 0 Å². The van der Waals surface area contributed by atoms with Crippen molar-refractivity contribution in [3.8, 4) is 0 Å². The van der Waals surface area contributed by atoms with Crippen LogP contribution >= 0.6 is 0 Å². The summed E-state index contributed by atoms with van der Waals surface area (Å²) in [6.45, 7) is 8.41. The van der Waals surface area contributed by atoms with Crippen molar-refractivity contribution in [2.24, 2.45) is 17.8 Å². The predicted molar refractivity (Wildman–Crippen MR) is 84.6 cm³/mol. The summed E-state index contributed by atoms with van der Waals surface area (Å²) in [5.41, 5.74) is 1.04. The van der Waals surface area contributed by atoms with Gasteiger partial charge in [0.15, 0.2) is 0 Å². The molecular weight excluding hydrogens is 284 g/mol. The molecule has 1 aliphatic rings. The maximum absolute atomic E-state index is 12.5. The molecule has 3 nitrogen and oxygen atoms in total. The van der Waals surface area contributed by atoms with E-state index in [2.05, 4.69) is 20.8 Å². The second-order valence-electron chi connectivity index (χ2n) is 6.73. The topological polar surface area (TPSA) is 43.4 Å². The van der Waals surface area contributed by atoms with Crippen molar-refractivity contribution in [3.63, 3.8) is 0 Å². The smallest absolute Gasteiger partial charge is 0.263 e. The van der Waals surface area contributed by atoms with Gasteiger partial charge in [0.1, 0.15) is 0 Å². The van der Waals surface area contributed by atoms with Crippen molar-refractivity contribution in [1.82, 2.24) is 0 Å². The molecule has 1 aliphatic carbocycles. The average Bonchev–Trinajstić information content (AvgIpc) is 2.38. The van der Waals surface area contributed by atoms with Crippen LogP contribution in [0.15, 0.2) is 29.2 Å². The minimum atomic E-state index is -3.67. The minimum absolute atomic E-state index is 0.194. The third-order valence-corrected chi connectivity index (χ3v) is 5.87. The van der Waals surface area contributed by atoms with Crippen LogP contribution < -0.4 is 0 Å². The summed E-state index contributed by atoms with van der Waals surface area (Å²) in [7, 11) is -3.67. The summed E-state index contributed by atoms with van der Waals surface area (Å²) in [4.78, 5) is 0.258. The Balaban J connectivity index is 2.19. The molecule has 2 rings (SSSR count). The molecule has 0 amide bonds. The van der Waals surface area contributed by atoms with Crippen LogP contribution in [0, 0.1) is 24.7 Å². The molecule has 0 aliphatic heterocycles. The third kappa shape index (κ3) is 4.07. The van der Waals surface area contributed by atoms with E-state index in [-0.39, 0.29) is 11.0 Å². The van der Waals surface area contributed by atoms with Crippen molar-refractivity contribution in [2.45, 2.75) is 58.0 Å². The van der Waals surface area contributed by atoms with Gasteiger partial charge in [-0.3, -0.25) is 4.18 Å². The molecule has 118 valence electrons. The van der Waals surface area contributed by atoms with E-state index >= 15 is 0 Å². The Kier molecular flexibility index (Phi) is 5.10.